The molecule has 0 fully saturated rings. The predicted octanol–water partition coefficient (Wildman–Crippen LogP) is 3.27. The van der Waals surface area contributed by atoms with Crippen molar-refractivity contribution in [1.29, 1.82) is 0 Å². The molecule has 0 spiro atoms. The molecular weight excluding hydrogens is 182 g/mol. The smallest absolute Gasteiger partial charge is 0.00431 e. The standard InChI is InChI=1S/C14H23N/c1-5-9-15-11-14(3,4)13-8-6-7-12(2)10-13/h6-8,10,15H,5,9,11H2,1-4H3. The summed E-state index contributed by atoms with van der Waals surface area (Å²) in [5.41, 5.74) is 2.99. The van der Waals surface area contributed by atoms with Crippen LogP contribution < -0.4 is 5.32 Å². The van der Waals surface area contributed by atoms with E-state index in [1.807, 2.05) is 0 Å². The van der Waals surface area contributed by atoms with E-state index < -0.39 is 0 Å². The molecule has 0 bridgehead atoms. The monoisotopic (exact) mass is 205 g/mol. The zero-order valence-corrected chi connectivity index (χ0v) is 10.4. The minimum Gasteiger partial charge on any atom is -0.316 e. The molecule has 15 heavy (non-hydrogen) atoms. The normalized spacial score (nSPS) is 11.7. The Bertz CT molecular complexity index is 302. The molecule has 1 heteroatoms. The Labute approximate surface area is 93.9 Å². The van der Waals surface area contributed by atoms with Gasteiger partial charge in [0.15, 0.2) is 0 Å². The van der Waals surface area contributed by atoms with Crippen molar-refractivity contribution in [2.75, 3.05) is 13.1 Å². The molecule has 1 aromatic carbocycles. The van der Waals surface area contributed by atoms with Crippen molar-refractivity contribution in [2.24, 2.45) is 0 Å². The lowest BCUT2D eigenvalue weighted by molar-refractivity contribution is 0.469. The third kappa shape index (κ3) is 3.67. The van der Waals surface area contributed by atoms with Gasteiger partial charge in [0.25, 0.3) is 0 Å². The van der Waals surface area contributed by atoms with Crippen molar-refractivity contribution in [2.45, 2.75) is 39.5 Å². The van der Waals surface area contributed by atoms with Gasteiger partial charge in [0.2, 0.25) is 0 Å². The lowest BCUT2D eigenvalue weighted by Crippen LogP contribution is -2.33. The fourth-order valence-corrected chi connectivity index (χ4v) is 1.75. The first-order valence-electron chi connectivity index (χ1n) is 5.84. The lowest BCUT2D eigenvalue weighted by atomic mass is 9.84. The maximum Gasteiger partial charge on any atom is 0.00431 e. The zero-order chi connectivity index (χ0) is 11.3. The van der Waals surface area contributed by atoms with Crippen LogP contribution in [0.4, 0.5) is 0 Å². The molecule has 0 atom stereocenters. The molecule has 0 unspecified atom stereocenters. The lowest BCUT2D eigenvalue weighted by Gasteiger charge is -2.26. The second-order valence-corrected chi connectivity index (χ2v) is 4.93. The second kappa shape index (κ2) is 5.32. The molecule has 0 aliphatic carbocycles. The predicted molar refractivity (Wildman–Crippen MR) is 67.4 cm³/mol. The van der Waals surface area contributed by atoms with E-state index in [0.717, 1.165) is 13.1 Å². The molecule has 1 N–H and O–H groups in total. The molecule has 1 nitrogen and oxygen atoms in total. The van der Waals surface area contributed by atoms with Crippen molar-refractivity contribution in [3.8, 4) is 0 Å². The van der Waals surface area contributed by atoms with Gasteiger partial charge in [-0.15, -0.1) is 0 Å². The average Bonchev–Trinajstić information content (AvgIpc) is 2.18. The molecule has 0 heterocycles. The summed E-state index contributed by atoms with van der Waals surface area (Å²) in [6.45, 7) is 11.1. The SMILES string of the molecule is CCCNCC(C)(C)c1cccc(C)c1. The molecule has 0 aromatic heterocycles. The van der Waals surface area contributed by atoms with Gasteiger partial charge < -0.3 is 5.32 Å². The number of benzene rings is 1. The van der Waals surface area contributed by atoms with Crippen LogP contribution in [0.15, 0.2) is 24.3 Å². The summed E-state index contributed by atoms with van der Waals surface area (Å²) in [6, 6.07) is 8.81. The summed E-state index contributed by atoms with van der Waals surface area (Å²) in [5.74, 6) is 0. The summed E-state index contributed by atoms with van der Waals surface area (Å²) in [7, 11) is 0. The van der Waals surface area contributed by atoms with Crippen LogP contribution in [0.2, 0.25) is 0 Å². The Morgan fingerprint density at radius 2 is 2.00 bits per heavy atom. The van der Waals surface area contributed by atoms with Crippen molar-refractivity contribution < 1.29 is 0 Å². The third-order valence-corrected chi connectivity index (χ3v) is 2.79. The summed E-state index contributed by atoms with van der Waals surface area (Å²) < 4.78 is 0. The number of hydrogen-bond acceptors (Lipinski definition) is 1. The topological polar surface area (TPSA) is 12.0 Å². The summed E-state index contributed by atoms with van der Waals surface area (Å²) in [4.78, 5) is 0. The van der Waals surface area contributed by atoms with Crippen LogP contribution in [-0.2, 0) is 5.41 Å². The molecule has 1 aromatic rings. The van der Waals surface area contributed by atoms with Crippen molar-refractivity contribution in [3.63, 3.8) is 0 Å². The van der Waals surface area contributed by atoms with Crippen LogP contribution in [-0.4, -0.2) is 13.1 Å². The highest BCUT2D eigenvalue weighted by Gasteiger charge is 2.19. The molecular formula is C14H23N. The zero-order valence-electron chi connectivity index (χ0n) is 10.4. The first kappa shape index (κ1) is 12.3. The van der Waals surface area contributed by atoms with Crippen LogP contribution in [0.25, 0.3) is 0 Å². The van der Waals surface area contributed by atoms with E-state index in [1.165, 1.54) is 17.5 Å². The number of hydrogen-bond donors (Lipinski definition) is 1. The number of rotatable bonds is 5. The largest absolute Gasteiger partial charge is 0.316 e. The van der Waals surface area contributed by atoms with Gasteiger partial charge in [0.05, 0.1) is 0 Å². The van der Waals surface area contributed by atoms with Crippen LogP contribution in [0.3, 0.4) is 0 Å². The van der Waals surface area contributed by atoms with Crippen LogP contribution in [0.5, 0.6) is 0 Å². The Balaban J connectivity index is 2.67. The van der Waals surface area contributed by atoms with Gasteiger partial charge in [0, 0.05) is 12.0 Å². The fraction of sp³-hybridized carbons (Fsp3) is 0.571. The summed E-state index contributed by atoms with van der Waals surface area (Å²) in [5, 5.41) is 3.49. The van der Waals surface area contributed by atoms with Gasteiger partial charge in [-0.2, -0.15) is 0 Å². The van der Waals surface area contributed by atoms with E-state index in [9.17, 15) is 0 Å². The van der Waals surface area contributed by atoms with E-state index in [-0.39, 0.29) is 5.41 Å². The van der Waals surface area contributed by atoms with E-state index in [0.29, 0.717) is 0 Å². The summed E-state index contributed by atoms with van der Waals surface area (Å²) >= 11 is 0. The Morgan fingerprint density at radius 1 is 1.27 bits per heavy atom. The number of aryl methyl sites for hydroxylation is 1. The molecule has 0 aliphatic heterocycles. The Kier molecular flexibility index (Phi) is 4.34. The van der Waals surface area contributed by atoms with Gasteiger partial charge in [0.1, 0.15) is 0 Å². The van der Waals surface area contributed by atoms with E-state index in [4.69, 9.17) is 0 Å². The third-order valence-electron chi connectivity index (χ3n) is 2.79. The molecule has 84 valence electrons. The molecule has 0 amide bonds. The molecule has 0 radical (unpaired) electrons. The van der Waals surface area contributed by atoms with Crippen molar-refractivity contribution >= 4 is 0 Å². The highest BCUT2D eigenvalue weighted by molar-refractivity contribution is 5.28. The minimum absolute atomic E-state index is 0.223. The van der Waals surface area contributed by atoms with Crippen molar-refractivity contribution in [1.82, 2.24) is 5.32 Å². The van der Waals surface area contributed by atoms with Gasteiger partial charge in [-0.25, -0.2) is 0 Å². The van der Waals surface area contributed by atoms with Gasteiger partial charge in [-0.05, 0) is 25.5 Å². The van der Waals surface area contributed by atoms with Gasteiger partial charge >= 0.3 is 0 Å². The fourth-order valence-electron chi connectivity index (χ4n) is 1.75. The van der Waals surface area contributed by atoms with Crippen LogP contribution in [0.1, 0.15) is 38.3 Å². The van der Waals surface area contributed by atoms with Gasteiger partial charge in [-0.3, -0.25) is 0 Å². The molecule has 0 aliphatic rings. The Morgan fingerprint density at radius 3 is 2.60 bits per heavy atom. The highest BCUT2D eigenvalue weighted by atomic mass is 14.9. The maximum atomic E-state index is 3.49. The molecule has 1 rings (SSSR count). The number of nitrogens with one attached hydrogen (secondary N) is 1. The maximum absolute atomic E-state index is 3.49. The summed E-state index contributed by atoms with van der Waals surface area (Å²) in [6.07, 6.45) is 1.20. The van der Waals surface area contributed by atoms with E-state index >= 15 is 0 Å². The van der Waals surface area contributed by atoms with Crippen LogP contribution >= 0.6 is 0 Å². The molecule has 0 saturated heterocycles. The first-order valence-corrected chi connectivity index (χ1v) is 5.84. The quantitative estimate of drug-likeness (QED) is 0.727. The highest BCUT2D eigenvalue weighted by Crippen LogP contribution is 2.22. The first-order chi connectivity index (χ1) is 7.06. The van der Waals surface area contributed by atoms with E-state index in [2.05, 4.69) is 57.3 Å². The van der Waals surface area contributed by atoms with Gasteiger partial charge in [-0.1, -0.05) is 50.6 Å². The second-order valence-electron chi connectivity index (χ2n) is 4.93. The Hall–Kier alpha value is -0.820. The van der Waals surface area contributed by atoms with Crippen LogP contribution in [0, 0.1) is 6.92 Å². The van der Waals surface area contributed by atoms with Crippen molar-refractivity contribution in [3.05, 3.63) is 35.4 Å². The van der Waals surface area contributed by atoms with E-state index in [1.54, 1.807) is 0 Å². The molecule has 0 saturated carbocycles. The average molecular weight is 205 g/mol. The minimum atomic E-state index is 0.223.